The Morgan fingerprint density at radius 2 is 1.97 bits per heavy atom. The summed E-state index contributed by atoms with van der Waals surface area (Å²) in [6.45, 7) is 6.23. The van der Waals surface area contributed by atoms with E-state index in [9.17, 15) is 4.79 Å². The van der Waals surface area contributed by atoms with Gasteiger partial charge in [-0.2, -0.15) is 4.52 Å². The molecule has 3 heterocycles. The lowest BCUT2D eigenvalue weighted by atomic mass is 9.95. The first-order chi connectivity index (χ1) is 14.1. The number of nitrogens with zero attached hydrogens (tertiary/aromatic N) is 5. The van der Waals surface area contributed by atoms with Gasteiger partial charge in [-0.1, -0.05) is 12.1 Å². The number of nitrogens with one attached hydrogen (secondary N) is 1. The van der Waals surface area contributed by atoms with Crippen LogP contribution in [0.15, 0.2) is 42.7 Å². The van der Waals surface area contributed by atoms with E-state index in [-0.39, 0.29) is 17.9 Å². The van der Waals surface area contributed by atoms with E-state index in [4.69, 9.17) is 4.74 Å². The van der Waals surface area contributed by atoms with Crippen molar-refractivity contribution in [3.63, 3.8) is 0 Å². The lowest BCUT2D eigenvalue weighted by Gasteiger charge is -2.32. The number of hydrogen-bond acceptors (Lipinski definition) is 6. The predicted molar refractivity (Wildman–Crippen MR) is 110 cm³/mol. The van der Waals surface area contributed by atoms with Gasteiger partial charge in [-0.15, -0.1) is 15.3 Å². The normalized spacial score (nSPS) is 16.0. The van der Waals surface area contributed by atoms with Crippen molar-refractivity contribution < 1.29 is 9.53 Å². The minimum Gasteiger partial charge on any atom is -0.494 e. The van der Waals surface area contributed by atoms with Gasteiger partial charge in [0.2, 0.25) is 5.91 Å². The Balaban J connectivity index is 1.31. The van der Waals surface area contributed by atoms with Gasteiger partial charge in [-0.25, -0.2) is 0 Å². The first-order valence-corrected chi connectivity index (χ1v) is 10.1. The molecule has 1 atom stereocenters. The molecule has 4 rings (SSSR count). The summed E-state index contributed by atoms with van der Waals surface area (Å²) in [5.41, 5.74) is 1.80. The Kier molecular flexibility index (Phi) is 5.59. The Labute approximate surface area is 169 Å². The van der Waals surface area contributed by atoms with Gasteiger partial charge >= 0.3 is 0 Å². The average molecular weight is 394 g/mol. The topological polar surface area (TPSA) is 84.6 Å². The quantitative estimate of drug-likeness (QED) is 0.692. The largest absolute Gasteiger partial charge is 0.494 e. The lowest BCUT2D eigenvalue weighted by molar-refractivity contribution is -0.126. The monoisotopic (exact) mass is 394 g/mol. The van der Waals surface area contributed by atoms with Crippen LogP contribution >= 0.6 is 0 Å². The predicted octanol–water partition coefficient (Wildman–Crippen LogP) is 2.62. The number of carbonyl (C=O) groups excluding carboxylic acids is 1. The summed E-state index contributed by atoms with van der Waals surface area (Å²) >= 11 is 0. The molecule has 0 bridgehead atoms. The van der Waals surface area contributed by atoms with Crippen LogP contribution in [-0.2, 0) is 4.79 Å². The molecule has 1 aliphatic heterocycles. The van der Waals surface area contributed by atoms with Crippen LogP contribution in [0.5, 0.6) is 5.75 Å². The molecule has 8 heteroatoms. The number of fused-ring (bicyclic) bond motifs is 1. The van der Waals surface area contributed by atoms with E-state index in [1.54, 1.807) is 10.8 Å². The molecule has 2 aromatic heterocycles. The highest BCUT2D eigenvalue weighted by molar-refractivity contribution is 5.79. The molecule has 1 amide bonds. The van der Waals surface area contributed by atoms with Crippen molar-refractivity contribution in [3.8, 4) is 5.75 Å². The van der Waals surface area contributed by atoms with E-state index in [2.05, 4.69) is 25.5 Å². The molecule has 0 aliphatic carbocycles. The molecule has 29 heavy (non-hydrogen) atoms. The highest BCUT2D eigenvalue weighted by Gasteiger charge is 2.26. The Morgan fingerprint density at radius 3 is 2.69 bits per heavy atom. The van der Waals surface area contributed by atoms with Crippen LogP contribution in [0.2, 0.25) is 0 Å². The third-order valence-electron chi connectivity index (χ3n) is 5.39. The van der Waals surface area contributed by atoms with E-state index >= 15 is 0 Å². The van der Waals surface area contributed by atoms with Crippen molar-refractivity contribution in [1.29, 1.82) is 0 Å². The summed E-state index contributed by atoms with van der Waals surface area (Å²) in [6, 6.07) is 11.7. The molecule has 8 nitrogen and oxygen atoms in total. The van der Waals surface area contributed by atoms with Crippen LogP contribution in [0.25, 0.3) is 5.65 Å². The van der Waals surface area contributed by atoms with Crippen LogP contribution in [0.1, 0.15) is 38.3 Å². The van der Waals surface area contributed by atoms with E-state index in [0.717, 1.165) is 48.7 Å². The van der Waals surface area contributed by atoms with Gasteiger partial charge in [-0.3, -0.25) is 4.79 Å². The lowest BCUT2D eigenvalue weighted by Crippen LogP contribution is -2.41. The van der Waals surface area contributed by atoms with E-state index < -0.39 is 0 Å². The van der Waals surface area contributed by atoms with Crippen molar-refractivity contribution in [2.75, 3.05) is 24.6 Å². The van der Waals surface area contributed by atoms with Gasteiger partial charge in [0.1, 0.15) is 17.9 Å². The minimum absolute atomic E-state index is 0.0232. The van der Waals surface area contributed by atoms with Crippen molar-refractivity contribution in [2.24, 2.45) is 5.92 Å². The number of ether oxygens (including phenoxy) is 1. The number of rotatable bonds is 6. The van der Waals surface area contributed by atoms with Gasteiger partial charge in [0.15, 0.2) is 5.65 Å². The third-order valence-corrected chi connectivity index (χ3v) is 5.39. The fraction of sp³-hybridized carbons (Fsp3) is 0.429. The van der Waals surface area contributed by atoms with E-state index in [0.29, 0.717) is 6.61 Å². The molecule has 1 N–H and O–H groups in total. The number of carbonyl (C=O) groups is 1. The zero-order chi connectivity index (χ0) is 20.2. The zero-order valence-electron chi connectivity index (χ0n) is 16.8. The summed E-state index contributed by atoms with van der Waals surface area (Å²) in [4.78, 5) is 15.0. The third kappa shape index (κ3) is 4.31. The molecule has 0 unspecified atom stereocenters. The van der Waals surface area contributed by atoms with E-state index in [1.165, 1.54) is 0 Å². The second kappa shape index (κ2) is 8.46. The molecule has 1 aromatic carbocycles. The standard InChI is InChI=1S/C21H26N6O2/c1-3-29-18-6-4-16(5-7-18)15(2)23-21(28)17-10-12-26(13-11-17)20-9-8-19-24-22-14-27(19)25-20/h4-9,14-15,17H,3,10-13H2,1-2H3,(H,23,28)/t15-/m0/s1. The van der Waals surface area contributed by atoms with Gasteiger partial charge < -0.3 is 15.0 Å². The summed E-state index contributed by atoms with van der Waals surface area (Å²) in [6.07, 6.45) is 3.22. The molecule has 152 valence electrons. The Bertz CT molecular complexity index is 963. The molecule has 1 fully saturated rings. The molecule has 1 saturated heterocycles. The van der Waals surface area contributed by atoms with Crippen molar-refractivity contribution >= 4 is 17.4 Å². The van der Waals surface area contributed by atoms with Crippen molar-refractivity contribution in [2.45, 2.75) is 32.7 Å². The molecule has 0 saturated carbocycles. The smallest absolute Gasteiger partial charge is 0.223 e. The number of piperidine rings is 1. The van der Waals surface area contributed by atoms with Crippen LogP contribution in [0, 0.1) is 5.92 Å². The number of amides is 1. The van der Waals surface area contributed by atoms with Crippen molar-refractivity contribution in [3.05, 3.63) is 48.3 Å². The fourth-order valence-corrected chi connectivity index (χ4v) is 3.69. The number of benzene rings is 1. The number of hydrogen-bond donors (Lipinski definition) is 1. The highest BCUT2D eigenvalue weighted by Crippen LogP contribution is 2.24. The first-order valence-electron chi connectivity index (χ1n) is 10.1. The molecule has 1 aliphatic rings. The fourth-order valence-electron chi connectivity index (χ4n) is 3.69. The van der Waals surface area contributed by atoms with Gasteiger partial charge in [0.05, 0.1) is 12.6 Å². The maximum absolute atomic E-state index is 12.7. The summed E-state index contributed by atoms with van der Waals surface area (Å²) in [5.74, 6) is 1.88. The molecular weight excluding hydrogens is 368 g/mol. The van der Waals surface area contributed by atoms with Crippen LogP contribution in [0.4, 0.5) is 5.82 Å². The second-order valence-electron chi connectivity index (χ2n) is 7.32. The van der Waals surface area contributed by atoms with Gasteiger partial charge in [0, 0.05) is 19.0 Å². The molecule has 3 aromatic rings. The zero-order valence-corrected chi connectivity index (χ0v) is 16.8. The summed E-state index contributed by atoms with van der Waals surface area (Å²) in [7, 11) is 0. The maximum Gasteiger partial charge on any atom is 0.223 e. The van der Waals surface area contributed by atoms with Gasteiger partial charge in [-0.05, 0) is 56.5 Å². The maximum atomic E-state index is 12.7. The van der Waals surface area contributed by atoms with Crippen LogP contribution in [-0.4, -0.2) is 45.4 Å². The SMILES string of the molecule is CCOc1ccc([C@H](C)NC(=O)C2CCN(c3ccc4nncn4n3)CC2)cc1. The second-order valence-corrected chi connectivity index (χ2v) is 7.32. The highest BCUT2D eigenvalue weighted by atomic mass is 16.5. The Hall–Kier alpha value is -3.16. The average Bonchev–Trinajstić information content (AvgIpc) is 3.22. The van der Waals surface area contributed by atoms with Gasteiger partial charge in [0.25, 0.3) is 0 Å². The van der Waals surface area contributed by atoms with Crippen LogP contribution in [0.3, 0.4) is 0 Å². The van der Waals surface area contributed by atoms with Crippen molar-refractivity contribution in [1.82, 2.24) is 25.1 Å². The number of aromatic nitrogens is 4. The number of anilines is 1. The molecule has 0 radical (unpaired) electrons. The van der Waals surface area contributed by atoms with Crippen LogP contribution < -0.4 is 15.0 Å². The first kappa shape index (κ1) is 19.2. The molecular formula is C21H26N6O2. The Morgan fingerprint density at radius 1 is 1.21 bits per heavy atom. The summed E-state index contributed by atoms with van der Waals surface area (Å²) < 4.78 is 7.15. The summed E-state index contributed by atoms with van der Waals surface area (Å²) in [5, 5.41) is 15.5. The minimum atomic E-state index is -0.0333. The molecule has 0 spiro atoms. The van der Waals surface area contributed by atoms with E-state index in [1.807, 2.05) is 50.2 Å².